The molecule has 3 heterocycles. The van der Waals surface area contributed by atoms with Gasteiger partial charge in [-0.2, -0.15) is 4.98 Å². The normalized spacial score (nSPS) is 13.1. The maximum Gasteiger partial charge on any atom is 0.240 e. The van der Waals surface area contributed by atoms with Gasteiger partial charge < -0.3 is 10.8 Å². The van der Waals surface area contributed by atoms with Crippen LogP contribution in [0.5, 0.6) is 0 Å². The average molecular weight is 377 g/mol. The number of rotatable bonds is 2. The van der Waals surface area contributed by atoms with Gasteiger partial charge in [0.25, 0.3) is 0 Å². The number of anilines is 1. The monoisotopic (exact) mass is 377 g/mol. The Kier molecular flexibility index (Phi) is 4.07. The topological polar surface area (TPSA) is 116 Å². The molecule has 1 unspecified atom stereocenters. The van der Waals surface area contributed by atoms with Crippen LogP contribution in [-0.4, -0.2) is 34.6 Å². The predicted molar refractivity (Wildman–Crippen MR) is 102 cm³/mol. The SMILES string of the molecule is Cc1nc2ccc(C#CC(C)(O)c3nccs3)cc2n1-c1ncnc(N)n1. The summed E-state index contributed by atoms with van der Waals surface area (Å²) in [6.45, 7) is 3.48. The lowest BCUT2D eigenvalue weighted by atomic mass is 10.1. The highest BCUT2D eigenvalue weighted by Crippen LogP contribution is 2.23. The minimum atomic E-state index is -1.32. The summed E-state index contributed by atoms with van der Waals surface area (Å²) in [5.74, 6) is 7.14. The molecular weight excluding hydrogens is 362 g/mol. The van der Waals surface area contributed by atoms with Crippen molar-refractivity contribution in [1.82, 2.24) is 29.5 Å². The molecule has 0 bridgehead atoms. The zero-order chi connectivity index (χ0) is 19.0. The van der Waals surface area contributed by atoms with Crippen molar-refractivity contribution in [3.05, 3.63) is 52.5 Å². The molecule has 4 rings (SSSR count). The highest BCUT2D eigenvalue weighted by atomic mass is 32.1. The lowest BCUT2D eigenvalue weighted by molar-refractivity contribution is 0.122. The van der Waals surface area contributed by atoms with E-state index in [0.717, 1.165) is 22.4 Å². The summed E-state index contributed by atoms with van der Waals surface area (Å²) >= 11 is 1.36. The van der Waals surface area contributed by atoms with Gasteiger partial charge in [-0.05, 0) is 32.0 Å². The molecule has 0 aliphatic rings. The highest BCUT2D eigenvalue weighted by Gasteiger charge is 2.22. The molecule has 0 fully saturated rings. The number of nitrogen functional groups attached to an aromatic ring is 1. The largest absolute Gasteiger partial charge is 0.371 e. The first-order chi connectivity index (χ1) is 12.9. The summed E-state index contributed by atoms with van der Waals surface area (Å²) < 4.78 is 1.79. The van der Waals surface area contributed by atoms with Crippen molar-refractivity contribution in [3.63, 3.8) is 0 Å². The van der Waals surface area contributed by atoms with Crippen LogP contribution in [0.2, 0.25) is 0 Å². The first-order valence-electron chi connectivity index (χ1n) is 8.03. The third kappa shape index (κ3) is 3.23. The number of aromatic nitrogens is 6. The Morgan fingerprint density at radius 2 is 2.07 bits per heavy atom. The van der Waals surface area contributed by atoms with E-state index in [-0.39, 0.29) is 5.95 Å². The fraction of sp³-hybridized carbons (Fsp3) is 0.167. The van der Waals surface area contributed by atoms with Crippen molar-refractivity contribution in [2.45, 2.75) is 19.4 Å². The Labute approximate surface area is 158 Å². The lowest BCUT2D eigenvalue weighted by Gasteiger charge is -2.11. The van der Waals surface area contributed by atoms with Crippen molar-refractivity contribution in [2.24, 2.45) is 0 Å². The van der Waals surface area contributed by atoms with Crippen LogP contribution in [0.15, 0.2) is 36.1 Å². The fourth-order valence-corrected chi connectivity index (χ4v) is 3.30. The Hall–Kier alpha value is -3.35. The number of nitrogens with two attached hydrogens (primary N) is 1. The third-order valence-electron chi connectivity index (χ3n) is 3.90. The molecular formula is C18H15N7OS. The van der Waals surface area contributed by atoms with Gasteiger partial charge in [0, 0.05) is 17.1 Å². The first-order valence-corrected chi connectivity index (χ1v) is 8.91. The summed E-state index contributed by atoms with van der Waals surface area (Å²) in [7, 11) is 0. The maximum absolute atomic E-state index is 10.5. The number of thiazole rings is 1. The number of hydrogen-bond donors (Lipinski definition) is 2. The molecule has 0 aliphatic heterocycles. The summed E-state index contributed by atoms with van der Waals surface area (Å²) in [6.07, 6.45) is 3.00. The van der Waals surface area contributed by atoms with Crippen LogP contribution in [-0.2, 0) is 5.60 Å². The van der Waals surface area contributed by atoms with Crippen molar-refractivity contribution < 1.29 is 5.11 Å². The summed E-state index contributed by atoms with van der Waals surface area (Å²) in [5.41, 5.74) is 6.66. The number of fused-ring (bicyclic) bond motifs is 1. The van der Waals surface area contributed by atoms with Gasteiger partial charge in [0.05, 0.1) is 11.0 Å². The van der Waals surface area contributed by atoms with E-state index in [4.69, 9.17) is 5.73 Å². The standard InChI is InChI=1S/C18H15N7OS/c1-11-23-13-4-3-12(5-6-18(2,26)15-20-7-8-27-15)9-14(13)25(11)17-22-10-21-16(19)24-17/h3-4,7-10,26H,1-2H3,(H2,19,21,22,24). The highest BCUT2D eigenvalue weighted by molar-refractivity contribution is 7.09. The van der Waals surface area contributed by atoms with Crippen LogP contribution in [0.1, 0.15) is 23.3 Å². The van der Waals surface area contributed by atoms with Gasteiger partial charge in [0.15, 0.2) is 5.60 Å². The van der Waals surface area contributed by atoms with Crippen LogP contribution >= 0.6 is 11.3 Å². The molecule has 0 saturated heterocycles. The van der Waals surface area contributed by atoms with Crippen molar-refractivity contribution in [3.8, 4) is 17.8 Å². The van der Waals surface area contributed by atoms with Crippen LogP contribution < -0.4 is 5.73 Å². The van der Waals surface area contributed by atoms with Crippen LogP contribution in [0.4, 0.5) is 5.95 Å². The van der Waals surface area contributed by atoms with Gasteiger partial charge in [-0.25, -0.2) is 19.9 Å². The number of aryl methyl sites for hydroxylation is 1. The Balaban J connectivity index is 1.79. The molecule has 3 N–H and O–H groups in total. The zero-order valence-electron chi connectivity index (χ0n) is 14.6. The molecule has 0 amide bonds. The summed E-state index contributed by atoms with van der Waals surface area (Å²) in [4.78, 5) is 20.8. The second kappa shape index (κ2) is 6.42. The van der Waals surface area contributed by atoms with E-state index in [1.54, 1.807) is 23.1 Å². The average Bonchev–Trinajstić information content (AvgIpc) is 3.27. The van der Waals surface area contributed by atoms with Crippen LogP contribution in [0.3, 0.4) is 0 Å². The first kappa shape index (κ1) is 17.1. The quantitative estimate of drug-likeness (QED) is 0.512. The van der Waals surface area contributed by atoms with Crippen molar-refractivity contribution in [1.29, 1.82) is 0 Å². The van der Waals surface area contributed by atoms with Gasteiger partial charge >= 0.3 is 0 Å². The fourth-order valence-electron chi connectivity index (χ4n) is 2.64. The van der Waals surface area contributed by atoms with E-state index < -0.39 is 5.60 Å². The lowest BCUT2D eigenvalue weighted by Crippen LogP contribution is -2.17. The molecule has 9 heteroatoms. The van der Waals surface area contributed by atoms with Gasteiger partial charge in [0.2, 0.25) is 11.9 Å². The molecule has 3 aromatic heterocycles. The Morgan fingerprint density at radius 3 is 2.81 bits per heavy atom. The maximum atomic E-state index is 10.5. The summed E-state index contributed by atoms with van der Waals surface area (Å²) in [5, 5.41) is 12.9. The molecule has 1 aromatic carbocycles. The Bertz CT molecular complexity index is 1190. The number of aliphatic hydroxyl groups is 1. The minimum absolute atomic E-state index is 0.136. The van der Waals surface area contributed by atoms with Crippen LogP contribution in [0.25, 0.3) is 17.0 Å². The predicted octanol–water partition coefficient (Wildman–Crippen LogP) is 1.82. The van der Waals surface area contributed by atoms with E-state index in [2.05, 4.69) is 36.8 Å². The van der Waals surface area contributed by atoms with E-state index in [9.17, 15) is 5.11 Å². The van der Waals surface area contributed by atoms with Gasteiger partial charge in [-0.15, -0.1) is 11.3 Å². The van der Waals surface area contributed by atoms with Gasteiger partial charge in [-0.3, -0.25) is 4.57 Å². The second-order valence-electron chi connectivity index (χ2n) is 6.00. The molecule has 0 saturated carbocycles. The smallest absolute Gasteiger partial charge is 0.240 e. The number of hydrogen-bond acceptors (Lipinski definition) is 8. The zero-order valence-corrected chi connectivity index (χ0v) is 15.4. The molecule has 134 valence electrons. The molecule has 1 atom stereocenters. The third-order valence-corrected chi connectivity index (χ3v) is 4.88. The molecule has 27 heavy (non-hydrogen) atoms. The van der Waals surface area contributed by atoms with E-state index in [0.29, 0.717) is 11.0 Å². The van der Waals surface area contributed by atoms with E-state index >= 15 is 0 Å². The van der Waals surface area contributed by atoms with Gasteiger partial charge in [-0.1, -0.05) is 11.8 Å². The number of imidazole rings is 1. The number of nitrogens with zero attached hydrogens (tertiary/aromatic N) is 6. The number of benzene rings is 1. The minimum Gasteiger partial charge on any atom is -0.371 e. The second-order valence-corrected chi connectivity index (χ2v) is 6.90. The Morgan fingerprint density at radius 1 is 1.22 bits per heavy atom. The molecule has 8 nitrogen and oxygen atoms in total. The van der Waals surface area contributed by atoms with Crippen molar-refractivity contribution in [2.75, 3.05) is 5.73 Å². The summed E-state index contributed by atoms with van der Waals surface area (Å²) in [6, 6.07) is 5.59. The van der Waals surface area contributed by atoms with E-state index in [1.165, 1.54) is 17.7 Å². The molecule has 0 radical (unpaired) electrons. The van der Waals surface area contributed by atoms with Crippen molar-refractivity contribution >= 4 is 28.3 Å². The van der Waals surface area contributed by atoms with E-state index in [1.807, 2.05) is 25.1 Å². The molecule has 0 aliphatic carbocycles. The molecule has 0 spiro atoms. The van der Waals surface area contributed by atoms with Gasteiger partial charge in [0.1, 0.15) is 17.2 Å². The molecule has 4 aromatic rings. The van der Waals surface area contributed by atoms with Crippen LogP contribution in [0, 0.1) is 18.8 Å².